The van der Waals surface area contributed by atoms with Gasteiger partial charge < -0.3 is 10.3 Å². The largest absolute Gasteiger partial charge is 0.345 e. The molecule has 3 aromatic heterocycles. The Balaban J connectivity index is 1.66. The Morgan fingerprint density at radius 3 is 2.61 bits per heavy atom. The van der Waals surface area contributed by atoms with Gasteiger partial charge in [-0.25, -0.2) is 4.98 Å². The molecule has 0 radical (unpaired) electrons. The average molecular weight is 414 g/mol. The molecule has 0 fully saturated rings. The van der Waals surface area contributed by atoms with E-state index in [4.69, 9.17) is 0 Å². The van der Waals surface area contributed by atoms with Crippen LogP contribution >= 0.6 is 0 Å². The summed E-state index contributed by atoms with van der Waals surface area (Å²) in [6.45, 7) is 1.84. The van der Waals surface area contributed by atoms with Crippen molar-refractivity contribution in [1.29, 1.82) is 0 Å². The summed E-state index contributed by atoms with van der Waals surface area (Å²) < 4.78 is 1.66. The van der Waals surface area contributed by atoms with Gasteiger partial charge in [0.2, 0.25) is 0 Å². The minimum atomic E-state index is -0.376. The molecule has 0 aliphatic rings. The number of rotatable bonds is 6. The first-order chi connectivity index (χ1) is 15.0. The first kappa shape index (κ1) is 20.2. The van der Waals surface area contributed by atoms with Gasteiger partial charge in [-0.3, -0.25) is 19.3 Å². The summed E-state index contributed by atoms with van der Waals surface area (Å²) >= 11 is 0. The van der Waals surface area contributed by atoms with E-state index in [1.807, 2.05) is 43.3 Å². The molecule has 1 atom stereocenters. The fraction of sp³-hybridized carbons (Fsp3) is 0.174. The molecule has 4 aromatic rings. The van der Waals surface area contributed by atoms with Gasteiger partial charge in [0.25, 0.3) is 11.5 Å². The fourth-order valence-electron chi connectivity index (χ4n) is 3.34. The first-order valence-corrected chi connectivity index (χ1v) is 9.87. The van der Waals surface area contributed by atoms with E-state index in [0.29, 0.717) is 29.2 Å². The normalized spacial score (nSPS) is 11.8. The number of hydrogen-bond donors (Lipinski definition) is 2. The lowest BCUT2D eigenvalue weighted by molar-refractivity contribution is 0.0935. The number of aryl methyl sites for hydroxylation is 1. The van der Waals surface area contributed by atoms with Crippen LogP contribution in [-0.4, -0.2) is 30.6 Å². The smallest absolute Gasteiger partial charge is 0.255 e. The van der Waals surface area contributed by atoms with Gasteiger partial charge in [0.15, 0.2) is 5.82 Å². The van der Waals surface area contributed by atoms with E-state index in [-0.39, 0.29) is 17.5 Å². The van der Waals surface area contributed by atoms with Crippen LogP contribution in [0.5, 0.6) is 0 Å². The van der Waals surface area contributed by atoms with Crippen LogP contribution in [0.15, 0.2) is 71.8 Å². The minimum absolute atomic E-state index is 0.228. The van der Waals surface area contributed by atoms with E-state index in [2.05, 4.69) is 25.4 Å². The molecule has 1 aromatic carbocycles. The summed E-state index contributed by atoms with van der Waals surface area (Å²) in [7, 11) is 1.79. The number of carbonyl (C=O) groups is 1. The van der Waals surface area contributed by atoms with Gasteiger partial charge in [-0.1, -0.05) is 36.4 Å². The third-order valence-corrected chi connectivity index (χ3v) is 5.10. The molecule has 1 unspecified atom stereocenters. The maximum absolute atomic E-state index is 12.9. The van der Waals surface area contributed by atoms with Gasteiger partial charge in [0.1, 0.15) is 5.69 Å². The number of benzene rings is 1. The Kier molecular flexibility index (Phi) is 5.70. The number of aromatic nitrogens is 5. The second-order valence-electron chi connectivity index (χ2n) is 7.21. The average Bonchev–Trinajstić information content (AvgIpc) is 3.12. The van der Waals surface area contributed by atoms with Crippen LogP contribution in [0.2, 0.25) is 0 Å². The molecule has 0 saturated carbocycles. The van der Waals surface area contributed by atoms with E-state index in [1.54, 1.807) is 36.3 Å². The number of carbonyl (C=O) groups excluding carboxylic acids is 1. The topological polar surface area (TPSA) is 106 Å². The van der Waals surface area contributed by atoms with Crippen LogP contribution in [0.4, 0.5) is 0 Å². The number of nitrogens with one attached hydrogen (secondary N) is 2. The van der Waals surface area contributed by atoms with E-state index < -0.39 is 0 Å². The molecule has 156 valence electrons. The highest BCUT2D eigenvalue weighted by molar-refractivity contribution is 5.95. The zero-order chi connectivity index (χ0) is 21.8. The molecule has 8 nitrogen and oxygen atoms in total. The fourth-order valence-corrected chi connectivity index (χ4v) is 3.34. The summed E-state index contributed by atoms with van der Waals surface area (Å²) in [5, 5.41) is 7.22. The Morgan fingerprint density at radius 2 is 1.94 bits per heavy atom. The molecule has 0 saturated heterocycles. The third-order valence-electron chi connectivity index (χ3n) is 5.10. The van der Waals surface area contributed by atoms with Crippen LogP contribution in [0, 0.1) is 6.92 Å². The van der Waals surface area contributed by atoms with Crippen LogP contribution in [0.3, 0.4) is 0 Å². The monoisotopic (exact) mass is 414 g/mol. The lowest BCUT2D eigenvalue weighted by Gasteiger charge is -2.19. The van der Waals surface area contributed by atoms with E-state index >= 15 is 0 Å². The van der Waals surface area contributed by atoms with Gasteiger partial charge in [0, 0.05) is 31.4 Å². The predicted molar refractivity (Wildman–Crippen MR) is 116 cm³/mol. The SMILES string of the molecule is Cc1c(C(=O)NC(Cc2cc(=O)[nH]c(-c3ccccn3)n2)c2ccccc2)cnn1C. The summed E-state index contributed by atoms with van der Waals surface area (Å²) in [5.41, 5.74) is 3.06. The molecule has 31 heavy (non-hydrogen) atoms. The summed E-state index contributed by atoms with van der Waals surface area (Å²) in [4.78, 5) is 36.8. The van der Waals surface area contributed by atoms with Gasteiger partial charge >= 0.3 is 0 Å². The van der Waals surface area contributed by atoms with Crippen molar-refractivity contribution in [3.8, 4) is 11.5 Å². The summed E-state index contributed by atoms with van der Waals surface area (Å²) in [6.07, 6.45) is 3.54. The van der Waals surface area contributed by atoms with Crippen LogP contribution in [0.1, 0.15) is 33.4 Å². The maximum atomic E-state index is 12.9. The van der Waals surface area contributed by atoms with Gasteiger partial charge in [-0.05, 0) is 24.6 Å². The molecule has 1 amide bonds. The molecule has 3 heterocycles. The van der Waals surface area contributed by atoms with Crippen molar-refractivity contribution in [3.05, 3.63) is 99.9 Å². The van der Waals surface area contributed by atoms with Crippen molar-refractivity contribution in [1.82, 2.24) is 30.0 Å². The summed E-state index contributed by atoms with van der Waals surface area (Å²) in [5.74, 6) is 0.165. The second-order valence-corrected chi connectivity index (χ2v) is 7.21. The number of amides is 1. The Bertz CT molecular complexity index is 1250. The highest BCUT2D eigenvalue weighted by atomic mass is 16.1. The van der Waals surface area contributed by atoms with Crippen LogP contribution < -0.4 is 10.9 Å². The number of pyridine rings is 1. The number of H-pyrrole nitrogens is 1. The number of hydrogen-bond acceptors (Lipinski definition) is 5. The van der Waals surface area contributed by atoms with Gasteiger partial charge in [-0.15, -0.1) is 0 Å². The molecular formula is C23H22N6O2. The van der Waals surface area contributed by atoms with Crippen LogP contribution in [0.25, 0.3) is 11.5 Å². The molecule has 0 spiro atoms. The molecule has 0 bridgehead atoms. The lowest BCUT2D eigenvalue weighted by atomic mass is 10.0. The summed E-state index contributed by atoms with van der Waals surface area (Å²) in [6, 6.07) is 16.1. The molecule has 4 rings (SSSR count). The molecule has 0 aliphatic heterocycles. The van der Waals surface area contributed by atoms with Crippen molar-refractivity contribution in [2.45, 2.75) is 19.4 Å². The first-order valence-electron chi connectivity index (χ1n) is 9.87. The van der Waals surface area contributed by atoms with Crippen molar-refractivity contribution in [2.75, 3.05) is 0 Å². The van der Waals surface area contributed by atoms with Crippen molar-refractivity contribution >= 4 is 5.91 Å². The third kappa shape index (κ3) is 4.58. The van der Waals surface area contributed by atoms with E-state index in [9.17, 15) is 9.59 Å². The molecule has 8 heteroatoms. The quantitative estimate of drug-likeness (QED) is 0.504. The van der Waals surface area contributed by atoms with E-state index in [0.717, 1.165) is 11.3 Å². The zero-order valence-corrected chi connectivity index (χ0v) is 17.2. The Morgan fingerprint density at radius 1 is 1.16 bits per heavy atom. The molecule has 0 aliphatic carbocycles. The second kappa shape index (κ2) is 8.74. The van der Waals surface area contributed by atoms with Crippen LogP contribution in [-0.2, 0) is 13.5 Å². The molecular weight excluding hydrogens is 392 g/mol. The van der Waals surface area contributed by atoms with Gasteiger partial charge in [0.05, 0.1) is 23.5 Å². The number of aromatic amines is 1. The predicted octanol–water partition coefficient (Wildman–Crippen LogP) is 2.59. The van der Waals surface area contributed by atoms with Crippen molar-refractivity contribution in [3.63, 3.8) is 0 Å². The van der Waals surface area contributed by atoms with Gasteiger partial charge in [-0.2, -0.15) is 5.10 Å². The zero-order valence-electron chi connectivity index (χ0n) is 17.2. The standard InChI is InChI=1S/C23H22N6O2/c1-15-18(14-25-29(15)2)23(31)27-20(16-8-4-3-5-9-16)12-17-13-21(30)28-22(26-17)19-10-6-7-11-24-19/h3-11,13-14,20H,12H2,1-2H3,(H,27,31)(H,26,28,30). The maximum Gasteiger partial charge on any atom is 0.255 e. The minimum Gasteiger partial charge on any atom is -0.345 e. The van der Waals surface area contributed by atoms with E-state index in [1.165, 1.54) is 6.07 Å². The molecule has 2 N–H and O–H groups in total. The van der Waals surface area contributed by atoms with Crippen molar-refractivity contribution in [2.24, 2.45) is 7.05 Å². The lowest BCUT2D eigenvalue weighted by Crippen LogP contribution is -2.31. The Labute approximate surface area is 179 Å². The number of nitrogens with zero attached hydrogens (tertiary/aromatic N) is 4. The van der Waals surface area contributed by atoms with Crippen molar-refractivity contribution < 1.29 is 4.79 Å². The highest BCUT2D eigenvalue weighted by Crippen LogP contribution is 2.19. The highest BCUT2D eigenvalue weighted by Gasteiger charge is 2.20. The Hall–Kier alpha value is -4.07.